The normalized spacial score (nSPS) is 19.0. The van der Waals surface area contributed by atoms with Gasteiger partial charge in [-0.25, -0.2) is 0 Å². The molecule has 1 unspecified atom stereocenters. The molecule has 0 aliphatic carbocycles. The number of hydrogen-bond acceptors (Lipinski definition) is 5. The summed E-state index contributed by atoms with van der Waals surface area (Å²) in [5.74, 6) is -0.318. The summed E-state index contributed by atoms with van der Waals surface area (Å²) in [7, 11) is 0. The highest BCUT2D eigenvalue weighted by molar-refractivity contribution is 8.03. The van der Waals surface area contributed by atoms with Gasteiger partial charge in [0.05, 0.1) is 5.03 Å². The molecule has 0 aromatic heterocycles. The standard InChI is InChI=1S/C15H17N3O2S/c1-15(2,3)18-14-10(8-16)12(20)17-13(21-14)9-6-4-5-7-11(9)19/h4-7,13,18-19H,1-3H3,(H,17,20). The maximum atomic E-state index is 12.1. The van der Waals surface area contributed by atoms with Crippen molar-refractivity contribution < 1.29 is 9.90 Å². The first-order valence-electron chi connectivity index (χ1n) is 6.50. The second kappa shape index (κ2) is 5.70. The van der Waals surface area contributed by atoms with Gasteiger partial charge in [0.25, 0.3) is 5.91 Å². The molecule has 0 saturated heterocycles. The number of carbonyl (C=O) groups is 1. The van der Waals surface area contributed by atoms with Gasteiger partial charge in [0.15, 0.2) is 0 Å². The summed E-state index contributed by atoms with van der Waals surface area (Å²) in [5, 5.41) is 25.1. The summed E-state index contributed by atoms with van der Waals surface area (Å²) < 4.78 is 0. The van der Waals surface area contributed by atoms with Crippen LogP contribution >= 0.6 is 11.8 Å². The van der Waals surface area contributed by atoms with Crippen molar-refractivity contribution in [3.8, 4) is 11.8 Å². The molecule has 6 heteroatoms. The molecule has 1 heterocycles. The molecule has 1 aliphatic heterocycles. The molecule has 0 spiro atoms. The van der Waals surface area contributed by atoms with Crippen molar-refractivity contribution in [1.82, 2.24) is 10.6 Å². The van der Waals surface area contributed by atoms with Crippen LogP contribution in [-0.4, -0.2) is 16.6 Å². The van der Waals surface area contributed by atoms with E-state index in [1.165, 1.54) is 11.8 Å². The first-order chi connectivity index (χ1) is 9.81. The first kappa shape index (κ1) is 15.3. The number of nitrogens with one attached hydrogen (secondary N) is 2. The molecule has 0 radical (unpaired) electrons. The molecule has 21 heavy (non-hydrogen) atoms. The van der Waals surface area contributed by atoms with Gasteiger partial charge in [0.1, 0.15) is 22.8 Å². The van der Waals surface area contributed by atoms with E-state index >= 15 is 0 Å². The van der Waals surface area contributed by atoms with Crippen molar-refractivity contribution in [2.24, 2.45) is 0 Å². The third kappa shape index (κ3) is 3.50. The third-order valence-electron chi connectivity index (χ3n) is 2.77. The molecule has 1 amide bonds. The van der Waals surface area contributed by atoms with Gasteiger partial charge in [-0.1, -0.05) is 30.0 Å². The van der Waals surface area contributed by atoms with Gasteiger partial charge in [-0.2, -0.15) is 5.26 Å². The number of rotatable bonds is 2. The van der Waals surface area contributed by atoms with E-state index < -0.39 is 11.3 Å². The van der Waals surface area contributed by atoms with Crippen LogP contribution in [0, 0.1) is 11.3 Å². The molecule has 5 nitrogen and oxygen atoms in total. The highest BCUT2D eigenvalue weighted by Crippen LogP contribution is 2.40. The van der Waals surface area contributed by atoms with Crippen LogP contribution in [0.1, 0.15) is 31.7 Å². The molecule has 110 valence electrons. The van der Waals surface area contributed by atoms with Crippen molar-refractivity contribution in [2.45, 2.75) is 31.7 Å². The minimum Gasteiger partial charge on any atom is -0.508 e. The van der Waals surface area contributed by atoms with Gasteiger partial charge in [-0.3, -0.25) is 4.79 Å². The summed E-state index contributed by atoms with van der Waals surface area (Å²) in [6, 6.07) is 8.77. The number of para-hydroxylation sites is 1. The number of hydrogen-bond donors (Lipinski definition) is 3. The maximum absolute atomic E-state index is 12.1. The summed E-state index contributed by atoms with van der Waals surface area (Å²) in [6.45, 7) is 5.87. The molecular formula is C15H17N3O2S. The molecule has 2 rings (SSSR count). The van der Waals surface area contributed by atoms with Gasteiger partial charge in [-0.15, -0.1) is 0 Å². The highest BCUT2D eigenvalue weighted by Gasteiger charge is 2.31. The van der Waals surface area contributed by atoms with Gasteiger partial charge in [0, 0.05) is 11.1 Å². The second-order valence-electron chi connectivity index (χ2n) is 5.72. The lowest BCUT2D eigenvalue weighted by atomic mass is 10.1. The van der Waals surface area contributed by atoms with Crippen LogP contribution in [0.25, 0.3) is 0 Å². The third-order valence-corrected chi connectivity index (χ3v) is 3.92. The van der Waals surface area contributed by atoms with Crippen molar-refractivity contribution in [2.75, 3.05) is 0 Å². The van der Waals surface area contributed by atoms with E-state index in [-0.39, 0.29) is 16.9 Å². The van der Waals surface area contributed by atoms with E-state index in [2.05, 4.69) is 10.6 Å². The van der Waals surface area contributed by atoms with Crippen LogP contribution in [0.5, 0.6) is 5.75 Å². The minimum absolute atomic E-state index is 0.0709. The molecule has 1 aromatic rings. The molecule has 0 bridgehead atoms. The summed E-state index contributed by atoms with van der Waals surface area (Å²) in [4.78, 5) is 12.1. The summed E-state index contributed by atoms with van der Waals surface area (Å²) in [5.41, 5.74) is 0.411. The predicted octanol–water partition coefficient (Wildman–Crippen LogP) is 2.38. The molecule has 1 aromatic carbocycles. The Labute approximate surface area is 128 Å². The summed E-state index contributed by atoms with van der Waals surface area (Å²) >= 11 is 1.32. The molecule has 1 aliphatic rings. The van der Waals surface area contributed by atoms with Crippen molar-refractivity contribution in [1.29, 1.82) is 5.26 Å². The fourth-order valence-electron chi connectivity index (χ4n) is 1.89. The maximum Gasteiger partial charge on any atom is 0.265 e. The van der Waals surface area contributed by atoms with E-state index in [0.717, 1.165) is 0 Å². The highest BCUT2D eigenvalue weighted by atomic mass is 32.2. The number of benzene rings is 1. The fourth-order valence-corrected chi connectivity index (χ4v) is 3.23. The van der Waals surface area contributed by atoms with Gasteiger partial charge in [0.2, 0.25) is 0 Å². The minimum atomic E-state index is -0.434. The zero-order valence-corrected chi connectivity index (χ0v) is 12.9. The Hall–Kier alpha value is -2.13. The first-order valence-corrected chi connectivity index (χ1v) is 7.38. The number of nitriles is 1. The Morgan fingerprint density at radius 1 is 1.38 bits per heavy atom. The monoisotopic (exact) mass is 303 g/mol. The Morgan fingerprint density at radius 2 is 2.05 bits per heavy atom. The Morgan fingerprint density at radius 3 is 2.62 bits per heavy atom. The fraction of sp³-hybridized carbons (Fsp3) is 0.333. The Kier molecular flexibility index (Phi) is 4.14. The van der Waals surface area contributed by atoms with Crippen LogP contribution in [0.2, 0.25) is 0 Å². The number of phenolic OH excluding ortho intramolecular Hbond substituents is 1. The van der Waals surface area contributed by atoms with E-state index in [1.807, 2.05) is 26.8 Å². The lowest BCUT2D eigenvalue weighted by Gasteiger charge is -2.31. The number of nitrogens with zero attached hydrogens (tertiary/aromatic N) is 1. The number of carbonyl (C=O) groups excluding carboxylic acids is 1. The zero-order valence-electron chi connectivity index (χ0n) is 12.1. The summed E-state index contributed by atoms with van der Waals surface area (Å²) in [6.07, 6.45) is 0. The predicted molar refractivity (Wildman–Crippen MR) is 82.1 cm³/mol. The van der Waals surface area contributed by atoms with Crippen LogP contribution in [0.4, 0.5) is 0 Å². The Bertz CT molecular complexity index is 641. The van der Waals surface area contributed by atoms with Crippen LogP contribution in [0.3, 0.4) is 0 Å². The SMILES string of the molecule is CC(C)(C)NC1=C(C#N)C(=O)NC(c2ccccc2O)S1. The second-order valence-corrected chi connectivity index (χ2v) is 6.84. The average Bonchev–Trinajstić information content (AvgIpc) is 2.37. The van der Waals surface area contributed by atoms with Gasteiger partial charge < -0.3 is 15.7 Å². The van der Waals surface area contributed by atoms with Crippen molar-refractivity contribution >= 4 is 17.7 Å². The number of amides is 1. The quantitative estimate of drug-likeness (QED) is 0.781. The number of thioether (sulfide) groups is 1. The molecule has 0 fully saturated rings. The van der Waals surface area contributed by atoms with E-state index in [9.17, 15) is 9.90 Å². The Balaban J connectivity index is 2.37. The van der Waals surface area contributed by atoms with E-state index in [0.29, 0.717) is 10.6 Å². The number of aromatic hydroxyl groups is 1. The van der Waals surface area contributed by atoms with E-state index in [4.69, 9.17) is 5.26 Å². The largest absolute Gasteiger partial charge is 0.508 e. The molecule has 0 saturated carbocycles. The zero-order chi connectivity index (χ0) is 15.6. The average molecular weight is 303 g/mol. The molecule has 1 atom stereocenters. The lowest BCUT2D eigenvalue weighted by molar-refractivity contribution is -0.117. The topological polar surface area (TPSA) is 85.2 Å². The number of phenols is 1. The van der Waals surface area contributed by atoms with Crippen molar-refractivity contribution in [3.63, 3.8) is 0 Å². The van der Waals surface area contributed by atoms with Gasteiger partial charge >= 0.3 is 0 Å². The smallest absolute Gasteiger partial charge is 0.265 e. The molecule has 3 N–H and O–H groups in total. The van der Waals surface area contributed by atoms with Gasteiger partial charge in [-0.05, 0) is 26.8 Å². The lowest BCUT2D eigenvalue weighted by Crippen LogP contribution is -2.40. The van der Waals surface area contributed by atoms with Crippen LogP contribution < -0.4 is 10.6 Å². The van der Waals surface area contributed by atoms with E-state index in [1.54, 1.807) is 24.3 Å². The van der Waals surface area contributed by atoms with Crippen LogP contribution in [0.15, 0.2) is 34.9 Å². The van der Waals surface area contributed by atoms with Crippen molar-refractivity contribution in [3.05, 3.63) is 40.4 Å². The molecular weight excluding hydrogens is 286 g/mol. The van der Waals surface area contributed by atoms with Crippen LogP contribution in [-0.2, 0) is 4.79 Å².